The summed E-state index contributed by atoms with van der Waals surface area (Å²) >= 11 is 0. The molecule has 0 radical (unpaired) electrons. The fourth-order valence-corrected chi connectivity index (χ4v) is 2.84. The van der Waals surface area contributed by atoms with E-state index in [0.29, 0.717) is 0 Å². The second kappa shape index (κ2) is 4.36. The minimum absolute atomic E-state index is 0.110. The van der Waals surface area contributed by atoms with Crippen molar-refractivity contribution in [3.8, 4) is 0 Å². The number of carbonyl (C=O) groups excluding carboxylic acids is 1. The van der Waals surface area contributed by atoms with Gasteiger partial charge in [-0.15, -0.1) is 0 Å². The Morgan fingerprint density at radius 1 is 1.24 bits per heavy atom. The lowest BCUT2D eigenvalue weighted by molar-refractivity contribution is -0.120. The van der Waals surface area contributed by atoms with Crippen LogP contribution in [0.5, 0.6) is 0 Å². The number of rotatable bonds is 2. The van der Waals surface area contributed by atoms with Gasteiger partial charge in [-0.1, -0.05) is 27.7 Å². The number of anilines is 1. The van der Waals surface area contributed by atoms with Gasteiger partial charge in [0.1, 0.15) is 0 Å². The molecular formula is C18H24N2O. The molecule has 0 unspecified atom stereocenters. The SMILES string of the molecule is Cn1c(C(C)(C)C)cc2cc(NC(=O)C3(C)CC3)ccc21. The van der Waals surface area contributed by atoms with E-state index in [1.807, 2.05) is 13.0 Å². The van der Waals surface area contributed by atoms with Crippen LogP contribution >= 0.6 is 0 Å². The number of amides is 1. The summed E-state index contributed by atoms with van der Waals surface area (Å²) in [5.41, 5.74) is 3.37. The molecule has 0 atom stereocenters. The van der Waals surface area contributed by atoms with E-state index in [2.05, 4.69) is 55.9 Å². The first-order chi connectivity index (χ1) is 9.71. The van der Waals surface area contributed by atoms with Gasteiger partial charge in [0, 0.05) is 40.2 Å². The highest BCUT2D eigenvalue weighted by atomic mass is 16.2. The molecule has 1 N–H and O–H groups in total. The first kappa shape index (κ1) is 14.2. The van der Waals surface area contributed by atoms with Crippen LogP contribution in [0.25, 0.3) is 10.9 Å². The Morgan fingerprint density at radius 2 is 1.90 bits per heavy atom. The van der Waals surface area contributed by atoms with E-state index in [0.717, 1.165) is 18.5 Å². The molecule has 0 saturated heterocycles. The third-order valence-corrected chi connectivity index (χ3v) is 4.62. The van der Waals surface area contributed by atoms with E-state index in [1.165, 1.54) is 16.6 Å². The maximum atomic E-state index is 12.1. The van der Waals surface area contributed by atoms with Gasteiger partial charge in [-0.3, -0.25) is 4.79 Å². The number of carbonyl (C=O) groups is 1. The highest BCUT2D eigenvalue weighted by Crippen LogP contribution is 2.45. The molecule has 1 aliphatic rings. The van der Waals surface area contributed by atoms with E-state index in [1.54, 1.807) is 0 Å². The van der Waals surface area contributed by atoms with Crippen molar-refractivity contribution in [2.75, 3.05) is 5.32 Å². The maximum Gasteiger partial charge on any atom is 0.230 e. The van der Waals surface area contributed by atoms with Crippen LogP contribution in [0.4, 0.5) is 5.69 Å². The summed E-state index contributed by atoms with van der Waals surface area (Å²) in [5, 5.41) is 4.24. The third-order valence-electron chi connectivity index (χ3n) is 4.62. The Hall–Kier alpha value is -1.77. The molecule has 3 rings (SSSR count). The second-order valence-electron chi connectivity index (χ2n) is 7.63. The van der Waals surface area contributed by atoms with Gasteiger partial charge in [-0.2, -0.15) is 0 Å². The Bertz CT molecular complexity index is 715. The normalized spacial score (nSPS) is 17.0. The molecular weight excluding hydrogens is 260 g/mol. The highest BCUT2D eigenvalue weighted by molar-refractivity contribution is 5.98. The lowest BCUT2D eigenvalue weighted by Gasteiger charge is -2.19. The van der Waals surface area contributed by atoms with Crippen molar-refractivity contribution in [1.82, 2.24) is 4.57 Å². The van der Waals surface area contributed by atoms with Crippen molar-refractivity contribution in [2.45, 2.75) is 46.0 Å². The Balaban J connectivity index is 1.95. The first-order valence-corrected chi connectivity index (χ1v) is 7.62. The number of hydrogen-bond donors (Lipinski definition) is 1. The van der Waals surface area contributed by atoms with Gasteiger partial charge >= 0.3 is 0 Å². The zero-order valence-electron chi connectivity index (χ0n) is 13.6. The first-order valence-electron chi connectivity index (χ1n) is 7.62. The minimum Gasteiger partial charge on any atom is -0.347 e. The topological polar surface area (TPSA) is 34.0 Å². The van der Waals surface area contributed by atoms with Crippen molar-refractivity contribution < 1.29 is 4.79 Å². The Kier molecular flexibility index (Phi) is 2.94. The predicted octanol–water partition coefficient (Wildman–Crippen LogP) is 4.21. The predicted molar refractivity (Wildman–Crippen MR) is 87.6 cm³/mol. The van der Waals surface area contributed by atoms with Crippen molar-refractivity contribution in [2.24, 2.45) is 12.5 Å². The molecule has 3 nitrogen and oxygen atoms in total. The molecule has 2 aromatic rings. The van der Waals surface area contributed by atoms with Crippen molar-refractivity contribution in [3.05, 3.63) is 30.0 Å². The molecule has 1 fully saturated rings. The van der Waals surface area contributed by atoms with Crippen LogP contribution in [0.2, 0.25) is 0 Å². The molecule has 1 aromatic carbocycles. The van der Waals surface area contributed by atoms with E-state index >= 15 is 0 Å². The van der Waals surface area contributed by atoms with Crippen LogP contribution in [-0.4, -0.2) is 10.5 Å². The van der Waals surface area contributed by atoms with Crippen molar-refractivity contribution in [1.29, 1.82) is 0 Å². The van der Waals surface area contributed by atoms with Crippen LogP contribution in [0, 0.1) is 5.41 Å². The van der Waals surface area contributed by atoms with Crippen molar-refractivity contribution in [3.63, 3.8) is 0 Å². The van der Waals surface area contributed by atoms with E-state index < -0.39 is 0 Å². The summed E-state index contributed by atoms with van der Waals surface area (Å²) in [5.74, 6) is 0.147. The minimum atomic E-state index is -0.137. The fraction of sp³-hybridized carbons (Fsp3) is 0.500. The van der Waals surface area contributed by atoms with Gasteiger partial charge in [-0.25, -0.2) is 0 Å². The summed E-state index contributed by atoms with van der Waals surface area (Å²) in [6, 6.07) is 8.39. The summed E-state index contributed by atoms with van der Waals surface area (Å²) in [6.45, 7) is 8.69. The maximum absolute atomic E-state index is 12.1. The standard InChI is InChI=1S/C18H24N2O/c1-17(2,3)15-11-12-10-13(6-7-14(12)20(15)5)19-16(21)18(4)8-9-18/h6-7,10-11H,8-9H2,1-5H3,(H,19,21). The van der Waals surface area contributed by atoms with Crippen LogP contribution in [-0.2, 0) is 17.3 Å². The number of aryl methyl sites for hydroxylation is 1. The summed E-state index contributed by atoms with van der Waals surface area (Å²) in [4.78, 5) is 12.1. The zero-order chi connectivity index (χ0) is 15.4. The van der Waals surface area contributed by atoms with Gasteiger partial charge in [0.05, 0.1) is 0 Å². The van der Waals surface area contributed by atoms with Crippen LogP contribution < -0.4 is 5.32 Å². The smallest absolute Gasteiger partial charge is 0.230 e. The van der Waals surface area contributed by atoms with E-state index in [9.17, 15) is 4.79 Å². The summed E-state index contributed by atoms with van der Waals surface area (Å²) < 4.78 is 2.24. The number of aromatic nitrogens is 1. The number of fused-ring (bicyclic) bond motifs is 1. The number of nitrogens with zero attached hydrogens (tertiary/aromatic N) is 1. The molecule has 1 aliphatic carbocycles. The van der Waals surface area contributed by atoms with Crippen LogP contribution in [0.3, 0.4) is 0 Å². The molecule has 1 heterocycles. The average Bonchev–Trinajstić information content (AvgIpc) is 3.05. The highest BCUT2D eigenvalue weighted by Gasteiger charge is 2.44. The quantitative estimate of drug-likeness (QED) is 0.880. The lowest BCUT2D eigenvalue weighted by atomic mass is 9.92. The van der Waals surface area contributed by atoms with Crippen LogP contribution in [0.1, 0.15) is 46.2 Å². The molecule has 21 heavy (non-hydrogen) atoms. The lowest BCUT2D eigenvalue weighted by Crippen LogP contribution is -2.21. The number of nitrogens with one attached hydrogen (secondary N) is 1. The largest absolute Gasteiger partial charge is 0.347 e. The van der Waals surface area contributed by atoms with Crippen molar-refractivity contribution >= 4 is 22.5 Å². The second-order valence-corrected chi connectivity index (χ2v) is 7.63. The van der Waals surface area contributed by atoms with Gasteiger partial charge < -0.3 is 9.88 Å². The molecule has 112 valence electrons. The molecule has 0 aliphatic heterocycles. The average molecular weight is 284 g/mol. The fourth-order valence-electron chi connectivity index (χ4n) is 2.84. The zero-order valence-corrected chi connectivity index (χ0v) is 13.6. The molecule has 3 heteroatoms. The van der Waals surface area contributed by atoms with E-state index in [-0.39, 0.29) is 16.7 Å². The van der Waals surface area contributed by atoms with Gasteiger partial charge in [-0.05, 0) is 37.1 Å². The summed E-state index contributed by atoms with van der Waals surface area (Å²) in [7, 11) is 2.10. The third kappa shape index (κ3) is 2.45. The molecule has 0 bridgehead atoms. The molecule has 1 aromatic heterocycles. The number of hydrogen-bond acceptors (Lipinski definition) is 1. The molecule has 1 amide bonds. The Morgan fingerprint density at radius 3 is 2.48 bits per heavy atom. The number of benzene rings is 1. The van der Waals surface area contributed by atoms with Gasteiger partial charge in [0.25, 0.3) is 0 Å². The van der Waals surface area contributed by atoms with Gasteiger partial charge in [0.15, 0.2) is 0 Å². The Labute approximate surface area is 126 Å². The van der Waals surface area contributed by atoms with Crippen LogP contribution in [0.15, 0.2) is 24.3 Å². The summed E-state index contributed by atoms with van der Waals surface area (Å²) in [6.07, 6.45) is 2.00. The monoisotopic (exact) mass is 284 g/mol. The molecule has 0 spiro atoms. The molecule has 1 saturated carbocycles. The van der Waals surface area contributed by atoms with E-state index in [4.69, 9.17) is 0 Å². The van der Waals surface area contributed by atoms with Gasteiger partial charge in [0.2, 0.25) is 5.91 Å².